The van der Waals surface area contributed by atoms with Gasteiger partial charge in [-0.25, -0.2) is 8.42 Å². The lowest BCUT2D eigenvalue weighted by Crippen LogP contribution is -2.41. The predicted octanol–water partition coefficient (Wildman–Crippen LogP) is 1.00. The number of hydrogen-bond acceptors (Lipinski definition) is 5. The average molecular weight is 341 g/mol. The number of hydrogen-bond donors (Lipinski definition) is 1. The largest absolute Gasteiger partial charge is 0.548 e. The zero-order valence-corrected chi connectivity index (χ0v) is 13.2. The molecule has 0 bridgehead atoms. The van der Waals surface area contributed by atoms with Gasteiger partial charge in [0.1, 0.15) is 4.90 Å². The molecule has 2 aromatic carbocycles. The van der Waals surface area contributed by atoms with Crippen LogP contribution in [0.3, 0.4) is 0 Å². The first-order chi connectivity index (χ1) is 11.5. The summed E-state index contributed by atoms with van der Waals surface area (Å²) >= 11 is 0. The number of pyridine rings is 1. The van der Waals surface area contributed by atoms with Crippen molar-refractivity contribution in [3.63, 3.8) is 0 Å². The molecule has 7 heteroatoms. The summed E-state index contributed by atoms with van der Waals surface area (Å²) in [5.41, 5.74) is 0.562. The van der Waals surface area contributed by atoms with Gasteiger partial charge in [-0.2, -0.15) is 4.72 Å². The van der Waals surface area contributed by atoms with Gasteiger partial charge in [-0.3, -0.25) is 4.98 Å². The number of sulfonamides is 1. The second-order valence-electron chi connectivity index (χ2n) is 5.12. The van der Waals surface area contributed by atoms with Gasteiger partial charge in [0.2, 0.25) is 10.0 Å². The second-order valence-corrected chi connectivity index (χ2v) is 6.80. The fraction of sp³-hybridized carbons (Fsp3) is 0.0588. The first-order valence-corrected chi connectivity index (χ1v) is 8.59. The van der Waals surface area contributed by atoms with Gasteiger partial charge in [0.05, 0.1) is 17.5 Å². The van der Waals surface area contributed by atoms with Crippen molar-refractivity contribution in [2.45, 2.75) is 10.9 Å². The Morgan fingerprint density at radius 1 is 1.00 bits per heavy atom. The quantitative estimate of drug-likeness (QED) is 0.746. The number of para-hydroxylation sites is 1. The summed E-state index contributed by atoms with van der Waals surface area (Å²) in [4.78, 5) is 15.4. The Hall–Kier alpha value is -2.77. The predicted molar refractivity (Wildman–Crippen MR) is 86.3 cm³/mol. The molecule has 1 unspecified atom stereocenters. The third kappa shape index (κ3) is 3.12. The Morgan fingerprint density at radius 3 is 2.42 bits per heavy atom. The number of nitrogens with zero attached hydrogens (tertiary/aromatic N) is 1. The molecule has 3 aromatic rings. The first kappa shape index (κ1) is 16.1. The Morgan fingerprint density at radius 2 is 1.71 bits per heavy atom. The molecule has 6 nitrogen and oxygen atoms in total. The molecule has 0 aliphatic carbocycles. The van der Waals surface area contributed by atoms with Gasteiger partial charge in [-0.1, -0.05) is 48.5 Å². The third-order valence-corrected chi connectivity index (χ3v) is 4.98. The Labute approximate surface area is 138 Å². The third-order valence-electron chi connectivity index (χ3n) is 3.53. The molecule has 1 aromatic heterocycles. The number of carbonyl (C=O) groups is 1. The van der Waals surface area contributed by atoms with Crippen molar-refractivity contribution in [1.82, 2.24) is 9.71 Å². The van der Waals surface area contributed by atoms with Crippen LogP contribution < -0.4 is 9.83 Å². The van der Waals surface area contributed by atoms with E-state index >= 15 is 0 Å². The average Bonchev–Trinajstić information content (AvgIpc) is 2.60. The summed E-state index contributed by atoms with van der Waals surface area (Å²) in [5, 5.41) is 12.1. The molecule has 1 atom stereocenters. The smallest absolute Gasteiger partial charge is 0.243 e. The Kier molecular flexibility index (Phi) is 4.28. The van der Waals surface area contributed by atoms with Crippen LogP contribution in [0.2, 0.25) is 0 Å². The van der Waals surface area contributed by atoms with E-state index in [4.69, 9.17) is 0 Å². The number of carboxylic acids is 1. The van der Waals surface area contributed by atoms with E-state index in [9.17, 15) is 18.3 Å². The SMILES string of the molecule is O=C([O-])C(NS(=O)(=O)c1cccc2cccnc12)c1ccccc1. The first-order valence-electron chi connectivity index (χ1n) is 7.11. The molecular formula is C17H13N2O4S-. The van der Waals surface area contributed by atoms with Crippen LogP contribution in [0.25, 0.3) is 10.9 Å². The molecule has 0 spiro atoms. The minimum Gasteiger partial charge on any atom is -0.548 e. The molecule has 0 radical (unpaired) electrons. The van der Waals surface area contributed by atoms with Gasteiger partial charge in [-0.15, -0.1) is 0 Å². The summed E-state index contributed by atoms with van der Waals surface area (Å²) in [6.45, 7) is 0. The molecule has 24 heavy (non-hydrogen) atoms. The van der Waals surface area contributed by atoms with Crippen LogP contribution in [-0.4, -0.2) is 19.4 Å². The maximum absolute atomic E-state index is 12.7. The van der Waals surface area contributed by atoms with Crippen LogP contribution in [0.15, 0.2) is 71.8 Å². The van der Waals surface area contributed by atoms with Crippen LogP contribution in [0.1, 0.15) is 11.6 Å². The molecule has 1 heterocycles. The van der Waals surface area contributed by atoms with E-state index in [1.165, 1.54) is 24.4 Å². The van der Waals surface area contributed by atoms with E-state index in [1.807, 2.05) is 0 Å². The monoisotopic (exact) mass is 341 g/mol. The van der Waals surface area contributed by atoms with Crippen LogP contribution in [0.5, 0.6) is 0 Å². The molecule has 0 saturated carbocycles. The number of aromatic nitrogens is 1. The fourth-order valence-corrected chi connectivity index (χ4v) is 3.76. The van der Waals surface area contributed by atoms with Gasteiger partial charge in [0.15, 0.2) is 0 Å². The molecule has 122 valence electrons. The minimum absolute atomic E-state index is 0.0808. The van der Waals surface area contributed by atoms with Crippen molar-refractivity contribution >= 4 is 26.9 Å². The highest BCUT2D eigenvalue weighted by atomic mass is 32.2. The van der Waals surface area contributed by atoms with Crippen molar-refractivity contribution < 1.29 is 18.3 Å². The van der Waals surface area contributed by atoms with E-state index in [1.54, 1.807) is 42.5 Å². The number of carbonyl (C=O) groups excluding carboxylic acids is 1. The fourth-order valence-electron chi connectivity index (χ4n) is 2.41. The van der Waals surface area contributed by atoms with Crippen LogP contribution >= 0.6 is 0 Å². The Bertz CT molecular complexity index is 982. The van der Waals surface area contributed by atoms with E-state index in [0.29, 0.717) is 5.39 Å². The lowest BCUT2D eigenvalue weighted by atomic mass is 10.1. The molecule has 3 rings (SSSR count). The lowest BCUT2D eigenvalue weighted by Gasteiger charge is -2.20. The van der Waals surface area contributed by atoms with Gasteiger partial charge in [-0.05, 0) is 17.7 Å². The van der Waals surface area contributed by atoms with Crippen molar-refractivity contribution in [3.05, 3.63) is 72.4 Å². The van der Waals surface area contributed by atoms with E-state index in [-0.39, 0.29) is 16.0 Å². The van der Waals surface area contributed by atoms with E-state index in [2.05, 4.69) is 9.71 Å². The highest BCUT2D eigenvalue weighted by Gasteiger charge is 2.24. The van der Waals surface area contributed by atoms with Gasteiger partial charge >= 0.3 is 0 Å². The van der Waals surface area contributed by atoms with E-state index < -0.39 is 22.0 Å². The number of aliphatic carboxylic acids is 1. The number of benzene rings is 2. The number of fused-ring (bicyclic) bond motifs is 1. The Balaban J connectivity index is 2.05. The molecule has 0 aliphatic heterocycles. The second kappa shape index (κ2) is 6.38. The normalized spacial score (nSPS) is 12.8. The van der Waals surface area contributed by atoms with Gasteiger partial charge in [0, 0.05) is 11.6 Å². The lowest BCUT2D eigenvalue weighted by molar-refractivity contribution is -0.308. The molecule has 0 fully saturated rings. The number of rotatable bonds is 5. The molecule has 0 aliphatic rings. The van der Waals surface area contributed by atoms with Crippen molar-refractivity contribution in [1.29, 1.82) is 0 Å². The maximum atomic E-state index is 12.7. The van der Waals surface area contributed by atoms with E-state index in [0.717, 1.165) is 0 Å². The highest BCUT2D eigenvalue weighted by molar-refractivity contribution is 7.89. The number of nitrogens with one attached hydrogen (secondary N) is 1. The summed E-state index contributed by atoms with van der Waals surface area (Å²) in [6.07, 6.45) is 1.48. The molecule has 0 amide bonds. The minimum atomic E-state index is -4.11. The molecule has 1 N–H and O–H groups in total. The summed E-state index contributed by atoms with van der Waals surface area (Å²) in [6, 6.07) is 14.6. The molecular weight excluding hydrogens is 328 g/mol. The summed E-state index contributed by atoms with van der Waals surface area (Å²) in [7, 11) is -4.11. The standard InChI is InChI=1S/C17H14N2O4S/c20-17(21)16(13-6-2-1-3-7-13)19-24(22,23)14-10-4-8-12-9-5-11-18-15(12)14/h1-11,16,19H,(H,20,21)/p-1. The highest BCUT2D eigenvalue weighted by Crippen LogP contribution is 2.23. The van der Waals surface area contributed by atoms with Crippen LogP contribution in [0, 0.1) is 0 Å². The van der Waals surface area contributed by atoms with Gasteiger partial charge < -0.3 is 9.90 Å². The van der Waals surface area contributed by atoms with Crippen LogP contribution in [0.4, 0.5) is 0 Å². The zero-order chi connectivity index (χ0) is 17.2. The zero-order valence-electron chi connectivity index (χ0n) is 12.4. The van der Waals surface area contributed by atoms with Crippen molar-refractivity contribution in [3.8, 4) is 0 Å². The van der Waals surface area contributed by atoms with Gasteiger partial charge in [0.25, 0.3) is 0 Å². The van der Waals surface area contributed by atoms with Crippen molar-refractivity contribution in [2.24, 2.45) is 0 Å². The van der Waals surface area contributed by atoms with Crippen LogP contribution in [-0.2, 0) is 14.8 Å². The number of carboxylic acid groups (broad SMARTS) is 1. The maximum Gasteiger partial charge on any atom is 0.243 e. The topological polar surface area (TPSA) is 99.2 Å². The summed E-state index contributed by atoms with van der Waals surface area (Å²) < 4.78 is 27.6. The summed E-state index contributed by atoms with van der Waals surface area (Å²) in [5.74, 6) is -1.53. The van der Waals surface area contributed by atoms with Crippen molar-refractivity contribution in [2.75, 3.05) is 0 Å². The molecule has 0 saturated heterocycles.